The molecule has 0 amide bonds. The van der Waals surface area contributed by atoms with Gasteiger partial charge in [-0.25, -0.2) is 0 Å². The van der Waals surface area contributed by atoms with Gasteiger partial charge in [-0.3, -0.25) is 0 Å². The zero-order valence-corrected chi connectivity index (χ0v) is 22.7. The first-order valence-corrected chi connectivity index (χ1v) is 16.0. The molecule has 0 spiro atoms. The SMILES string of the molecule is CCCCCCCCCCCCCCCCCC[Si](Cl)(C(C)(C)C)C(C)(C)C. The molecular weight excluding hydrogens is 376 g/mol. The van der Waals surface area contributed by atoms with Crippen molar-refractivity contribution in [2.45, 2.75) is 167 Å². The summed E-state index contributed by atoms with van der Waals surface area (Å²) in [6, 6.07) is 1.28. The Morgan fingerprint density at radius 1 is 0.464 bits per heavy atom. The number of hydrogen-bond donors (Lipinski definition) is 0. The number of halogens is 1. The molecule has 0 bridgehead atoms. The molecule has 0 aliphatic heterocycles. The van der Waals surface area contributed by atoms with E-state index in [4.69, 9.17) is 11.1 Å². The average molecular weight is 431 g/mol. The van der Waals surface area contributed by atoms with E-state index in [2.05, 4.69) is 48.5 Å². The van der Waals surface area contributed by atoms with Crippen molar-refractivity contribution in [3.63, 3.8) is 0 Å². The normalized spacial score (nSPS) is 13.3. The summed E-state index contributed by atoms with van der Waals surface area (Å²) in [5, 5.41) is 0.560. The molecule has 0 fully saturated rings. The first kappa shape index (κ1) is 28.5. The molecule has 0 N–H and O–H groups in total. The minimum Gasteiger partial charge on any atom is -0.166 e. The minimum absolute atomic E-state index is 0.280. The van der Waals surface area contributed by atoms with E-state index in [0.29, 0.717) is 0 Å². The maximum absolute atomic E-state index is 7.30. The smallest absolute Gasteiger partial charge is 0.166 e. The van der Waals surface area contributed by atoms with Gasteiger partial charge in [0, 0.05) is 0 Å². The highest BCUT2D eigenvalue weighted by atomic mass is 35.6. The fraction of sp³-hybridized carbons (Fsp3) is 1.00. The Hall–Kier alpha value is 0.507. The minimum atomic E-state index is -1.79. The molecule has 0 aromatic rings. The van der Waals surface area contributed by atoms with Crippen LogP contribution in [0.2, 0.25) is 16.1 Å². The van der Waals surface area contributed by atoms with Gasteiger partial charge in [0.1, 0.15) is 0 Å². The first-order valence-electron chi connectivity index (χ1n) is 12.7. The van der Waals surface area contributed by atoms with Gasteiger partial charge in [0.2, 0.25) is 0 Å². The fourth-order valence-corrected chi connectivity index (χ4v) is 9.68. The fourth-order valence-electron chi connectivity index (χ4n) is 4.79. The average Bonchev–Trinajstić information content (AvgIpc) is 2.59. The molecule has 0 atom stereocenters. The van der Waals surface area contributed by atoms with Gasteiger partial charge >= 0.3 is 0 Å². The summed E-state index contributed by atoms with van der Waals surface area (Å²) < 4.78 is 0. The predicted octanol–water partition coefficient (Wildman–Crippen LogP) is 11.0. The Morgan fingerprint density at radius 2 is 0.714 bits per heavy atom. The highest BCUT2D eigenvalue weighted by molar-refractivity contribution is 7.23. The van der Waals surface area contributed by atoms with Gasteiger partial charge < -0.3 is 0 Å². The van der Waals surface area contributed by atoms with Gasteiger partial charge in [-0.2, -0.15) is 11.1 Å². The topological polar surface area (TPSA) is 0 Å². The Labute approximate surface area is 185 Å². The van der Waals surface area contributed by atoms with Gasteiger partial charge in [-0.15, -0.1) is 0 Å². The van der Waals surface area contributed by atoms with E-state index in [1.54, 1.807) is 0 Å². The predicted molar refractivity (Wildman–Crippen MR) is 135 cm³/mol. The van der Waals surface area contributed by atoms with Gasteiger partial charge in [0.25, 0.3) is 0 Å². The molecule has 0 radical (unpaired) electrons. The van der Waals surface area contributed by atoms with E-state index in [1.807, 2.05) is 0 Å². The second-order valence-electron chi connectivity index (χ2n) is 11.4. The molecule has 0 heterocycles. The van der Waals surface area contributed by atoms with E-state index < -0.39 is 7.38 Å². The lowest BCUT2D eigenvalue weighted by molar-refractivity contribution is 0.530. The van der Waals surface area contributed by atoms with E-state index in [9.17, 15) is 0 Å². The van der Waals surface area contributed by atoms with E-state index >= 15 is 0 Å². The molecule has 0 saturated carbocycles. The number of unbranched alkanes of at least 4 members (excludes halogenated alkanes) is 15. The summed E-state index contributed by atoms with van der Waals surface area (Å²) in [5.41, 5.74) is 0. The van der Waals surface area contributed by atoms with E-state index in [0.717, 1.165) is 0 Å². The van der Waals surface area contributed by atoms with Crippen molar-refractivity contribution >= 4 is 18.5 Å². The molecule has 28 heavy (non-hydrogen) atoms. The quantitative estimate of drug-likeness (QED) is 0.122. The standard InChI is InChI=1S/C26H55ClSi/c1-8-9-10-11-12-13-14-15-16-17-18-19-20-21-22-23-24-28(27,25(2,3)4)26(5,6)7/h8-24H2,1-7H3. The van der Waals surface area contributed by atoms with E-state index in [-0.39, 0.29) is 10.1 Å². The Kier molecular flexibility index (Phi) is 15.6. The molecule has 170 valence electrons. The first-order chi connectivity index (χ1) is 13.1. The summed E-state index contributed by atoms with van der Waals surface area (Å²) in [4.78, 5) is 0. The highest BCUT2D eigenvalue weighted by Crippen LogP contribution is 2.56. The number of hydrogen-bond acceptors (Lipinski definition) is 0. The molecular formula is C26H55ClSi. The number of rotatable bonds is 17. The Bertz CT molecular complexity index is 336. The molecule has 0 saturated heterocycles. The zero-order valence-electron chi connectivity index (χ0n) is 20.9. The monoisotopic (exact) mass is 430 g/mol. The van der Waals surface area contributed by atoms with Crippen molar-refractivity contribution in [1.29, 1.82) is 0 Å². The van der Waals surface area contributed by atoms with Crippen molar-refractivity contribution in [2.24, 2.45) is 0 Å². The van der Waals surface area contributed by atoms with Crippen LogP contribution < -0.4 is 0 Å². The van der Waals surface area contributed by atoms with Crippen molar-refractivity contribution in [3.05, 3.63) is 0 Å². The third kappa shape index (κ3) is 12.3. The van der Waals surface area contributed by atoms with Crippen molar-refractivity contribution in [1.82, 2.24) is 0 Å². The second-order valence-corrected chi connectivity index (χ2v) is 18.4. The van der Waals surface area contributed by atoms with Crippen molar-refractivity contribution < 1.29 is 0 Å². The zero-order chi connectivity index (χ0) is 21.5. The molecule has 0 aliphatic carbocycles. The lowest BCUT2D eigenvalue weighted by Crippen LogP contribution is -2.46. The van der Waals surface area contributed by atoms with Crippen LogP contribution in [-0.4, -0.2) is 7.38 Å². The summed E-state index contributed by atoms with van der Waals surface area (Å²) in [6.07, 6.45) is 23.0. The summed E-state index contributed by atoms with van der Waals surface area (Å²) >= 11 is 7.30. The summed E-state index contributed by atoms with van der Waals surface area (Å²) in [5.74, 6) is 0. The van der Waals surface area contributed by atoms with Crippen LogP contribution in [0.1, 0.15) is 151 Å². The molecule has 0 unspecified atom stereocenters. The molecule has 0 aromatic carbocycles. The van der Waals surface area contributed by atoms with Gasteiger partial charge in [-0.05, 0) is 16.1 Å². The molecule has 0 aromatic heterocycles. The Morgan fingerprint density at radius 3 is 0.964 bits per heavy atom. The lowest BCUT2D eigenvalue weighted by atomic mass is 10.0. The highest BCUT2D eigenvalue weighted by Gasteiger charge is 2.51. The molecule has 0 aliphatic rings. The van der Waals surface area contributed by atoms with Crippen LogP contribution in [0.4, 0.5) is 0 Å². The third-order valence-corrected chi connectivity index (χ3v) is 16.5. The van der Waals surface area contributed by atoms with Crippen LogP contribution in [0.5, 0.6) is 0 Å². The third-order valence-electron chi connectivity index (χ3n) is 6.75. The Balaban J connectivity index is 3.55. The van der Waals surface area contributed by atoms with Crippen molar-refractivity contribution in [3.8, 4) is 0 Å². The molecule has 2 heteroatoms. The molecule has 0 rings (SSSR count). The van der Waals surface area contributed by atoms with Crippen molar-refractivity contribution in [2.75, 3.05) is 0 Å². The van der Waals surface area contributed by atoms with Gasteiger partial charge in [0.05, 0.1) is 0 Å². The van der Waals surface area contributed by atoms with Crippen LogP contribution in [0, 0.1) is 0 Å². The van der Waals surface area contributed by atoms with Crippen LogP contribution in [0.15, 0.2) is 0 Å². The second kappa shape index (κ2) is 15.3. The van der Waals surface area contributed by atoms with Crippen LogP contribution in [0.25, 0.3) is 0 Å². The van der Waals surface area contributed by atoms with Gasteiger partial charge in [-0.1, -0.05) is 151 Å². The molecule has 0 nitrogen and oxygen atoms in total. The van der Waals surface area contributed by atoms with Gasteiger partial charge in [0.15, 0.2) is 7.38 Å². The maximum Gasteiger partial charge on any atom is 0.167 e. The van der Waals surface area contributed by atoms with Crippen LogP contribution in [0.3, 0.4) is 0 Å². The maximum atomic E-state index is 7.30. The largest absolute Gasteiger partial charge is 0.167 e. The van der Waals surface area contributed by atoms with E-state index in [1.165, 1.54) is 109 Å². The summed E-state index contributed by atoms with van der Waals surface area (Å²) in [7, 11) is -1.79. The summed E-state index contributed by atoms with van der Waals surface area (Å²) in [6.45, 7) is 16.5. The van der Waals surface area contributed by atoms with Crippen LogP contribution >= 0.6 is 11.1 Å². The lowest BCUT2D eigenvalue weighted by Gasteiger charge is -2.47. The van der Waals surface area contributed by atoms with Crippen LogP contribution in [-0.2, 0) is 0 Å².